The summed E-state index contributed by atoms with van der Waals surface area (Å²) in [5.41, 5.74) is 0.815. The molecule has 2 N–H and O–H groups in total. The molecule has 3 rings (SSSR count). The fourth-order valence-corrected chi connectivity index (χ4v) is 3.31. The van der Waals surface area contributed by atoms with Gasteiger partial charge in [0, 0.05) is 6.42 Å². The summed E-state index contributed by atoms with van der Waals surface area (Å²) in [7, 11) is -0.528. The molecule has 9 heteroatoms. The van der Waals surface area contributed by atoms with E-state index in [9.17, 15) is 23.5 Å². The second kappa shape index (κ2) is 9.00. The van der Waals surface area contributed by atoms with Crippen LogP contribution >= 0.6 is 0 Å². The minimum atomic E-state index is -1.20. The molecule has 0 bridgehead atoms. The highest BCUT2D eigenvalue weighted by Gasteiger charge is 2.51. The number of hydrogen-bond donors (Lipinski definition) is 2. The molecular weight excluding hydrogens is 419 g/mol. The predicted molar refractivity (Wildman–Crippen MR) is 115 cm³/mol. The van der Waals surface area contributed by atoms with Crippen molar-refractivity contribution in [2.24, 2.45) is 0 Å². The number of rotatable bonds is 7. The molecule has 0 radical (unpaired) electrons. The first kappa shape index (κ1) is 23.9. The van der Waals surface area contributed by atoms with Crippen LogP contribution < -0.4 is 10.8 Å². The Morgan fingerprint density at radius 1 is 0.969 bits per heavy atom. The van der Waals surface area contributed by atoms with Gasteiger partial charge in [-0.15, -0.1) is 0 Å². The lowest BCUT2D eigenvalue weighted by atomic mass is 9.78. The minimum Gasteiger partial charge on any atom is -0.480 e. The number of carboxylic acid groups (broad SMARTS) is 1. The lowest BCUT2D eigenvalue weighted by molar-refractivity contribution is -0.141. The Kier molecular flexibility index (Phi) is 6.71. The quantitative estimate of drug-likeness (QED) is 0.641. The second-order valence-electron chi connectivity index (χ2n) is 8.92. The van der Waals surface area contributed by atoms with E-state index in [-0.39, 0.29) is 18.4 Å². The number of carbonyl (C=O) groups is 2. The molecule has 6 nitrogen and oxygen atoms in total. The summed E-state index contributed by atoms with van der Waals surface area (Å²) in [6.45, 7) is 7.84. The van der Waals surface area contributed by atoms with Crippen molar-refractivity contribution >= 4 is 24.5 Å². The van der Waals surface area contributed by atoms with Crippen LogP contribution in [0.1, 0.15) is 38.8 Å². The molecule has 1 amide bonds. The van der Waals surface area contributed by atoms with E-state index in [1.165, 1.54) is 6.07 Å². The molecule has 1 saturated heterocycles. The van der Waals surface area contributed by atoms with Gasteiger partial charge in [-0.05, 0) is 56.4 Å². The van der Waals surface area contributed by atoms with E-state index in [4.69, 9.17) is 9.31 Å². The normalized spacial score (nSPS) is 17.8. The van der Waals surface area contributed by atoms with Gasteiger partial charge in [0.25, 0.3) is 0 Å². The smallest absolute Gasteiger partial charge is 0.480 e. The van der Waals surface area contributed by atoms with Crippen LogP contribution in [0.4, 0.5) is 8.78 Å². The number of hydrogen-bond acceptors (Lipinski definition) is 4. The van der Waals surface area contributed by atoms with E-state index in [0.29, 0.717) is 5.56 Å². The Hall–Kier alpha value is -2.78. The summed E-state index contributed by atoms with van der Waals surface area (Å²) >= 11 is 0. The van der Waals surface area contributed by atoms with Crippen molar-refractivity contribution in [3.63, 3.8) is 0 Å². The first-order chi connectivity index (χ1) is 14.9. The Balaban J connectivity index is 1.63. The van der Waals surface area contributed by atoms with Crippen molar-refractivity contribution in [2.75, 3.05) is 0 Å². The average molecular weight is 445 g/mol. The first-order valence-electron chi connectivity index (χ1n) is 10.3. The monoisotopic (exact) mass is 445 g/mol. The number of halogens is 2. The van der Waals surface area contributed by atoms with Crippen LogP contribution in [-0.2, 0) is 31.7 Å². The van der Waals surface area contributed by atoms with Gasteiger partial charge in [-0.2, -0.15) is 0 Å². The molecule has 170 valence electrons. The Labute approximate surface area is 186 Å². The van der Waals surface area contributed by atoms with Gasteiger partial charge < -0.3 is 19.7 Å². The summed E-state index contributed by atoms with van der Waals surface area (Å²) in [6, 6.07) is 9.08. The van der Waals surface area contributed by atoms with E-state index in [0.717, 1.165) is 17.6 Å². The maximum absolute atomic E-state index is 13.3. The van der Waals surface area contributed by atoms with Crippen LogP contribution in [0.5, 0.6) is 0 Å². The minimum absolute atomic E-state index is 0.0580. The van der Waals surface area contributed by atoms with E-state index in [2.05, 4.69) is 5.32 Å². The van der Waals surface area contributed by atoms with Gasteiger partial charge in [0.2, 0.25) is 5.91 Å². The van der Waals surface area contributed by atoms with Gasteiger partial charge in [-0.3, -0.25) is 4.79 Å². The molecule has 2 aromatic carbocycles. The van der Waals surface area contributed by atoms with Crippen LogP contribution in [0.2, 0.25) is 0 Å². The van der Waals surface area contributed by atoms with Crippen LogP contribution in [0.15, 0.2) is 42.5 Å². The van der Waals surface area contributed by atoms with Gasteiger partial charge in [-0.25, -0.2) is 13.6 Å². The molecule has 1 aliphatic heterocycles. The molecule has 0 spiro atoms. The maximum atomic E-state index is 13.3. The van der Waals surface area contributed by atoms with Crippen LogP contribution in [0, 0.1) is 11.6 Å². The van der Waals surface area contributed by atoms with Gasteiger partial charge in [0.05, 0.1) is 17.6 Å². The van der Waals surface area contributed by atoms with Crippen LogP contribution in [0.25, 0.3) is 0 Å². The third-order valence-electron chi connectivity index (χ3n) is 5.93. The van der Waals surface area contributed by atoms with Gasteiger partial charge in [0.1, 0.15) is 6.04 Å². The molecular formula is C23H26BF2NO5. The summed E-state index contributed by atoms with van der Waals surface area (Å²) in [5.74, 6) is -3.87. The lowest BCUT2D eigenvalue weighted by Crippen LogP contribution is -2.43. The number of amides is 1. The Morgan fingerprint density at radius 2 is 1.53 bits per heavy atom. The van der Waals surface area contributed by atoms with Crippen molar-refractivity contribution in [1.29, 1.82) is 0 Å². The van der Waals surface area contributed by atoms with Crippen molar-refractivity contribution in [3.05, 3.63) is 65.2 Å². The highest BCUT2D eigenvalue weighted by Crippen LogP contribution is 2.36. The van der Waals surface area contributed by atoms with E-state index in [1.807, 2.05) is 27.7 Å². The fourth-order valence-electron chi connectivity index (χ4n) is 3.31. The summed E-state index contributed by atoms with van der Waals surface area (Å²) in [4.78, 5) is 23.9. The molecule has 32 heavy (non-hydrogen) atoms. The SMILES string of the molecule is CC1(C)OB(c2ccc(C[C@H](NC(=O)Cc3ccc(F)c(F)c3)C(=O)O)cc2)OC1(C)C. The number of carbonyl (C=O) groups excluding carboxylic acids is 1. The highest BCUT2D eigenvalue weighted by molar-refractivity contribution is 6.62. The molecule has 1 aliphatic rings. The van der Waals surface area contributed by atoms with E-state index in [1.54, 1.807) is 24.3 Å². The molecule has 1 heterocycles. The van der Waals surface area contributed by atoms with Crippen molar-refractivity contribution in [1.82, 2.24) is 5.32 Å². The van der Waals surface area contributed by atoms with E-state index < -0.39 is 47.9 Å². The third-order valence-corrected chi connectivity index (χ3v) is 5.93. The standard InChI is InChI=1S/C23H26BF2NO5/c1-22(2)23(3,4)32-24(31-22)16-8-5-14(6-9-16)12-19(21(29)30)27-20(28)13-15-7-10-17(25)18(26)11-15/h5-11,19H,12-13H2,1-4H3,(H,27,28)(H,29,30)/t19-/m0/s1. The zero-order chi connectivity index (χ0) is 23.7. The topological polar surface area (TPSA) is 84.9 Å². The number of carboxylic acids is 1. The Bertz CT molecular complexity index is 994. The molecule has 2 aromatic rings. The molecule has 0 aliphatic carbocycles. The molecule has 1 fully saturated rings. The summed E-state index contributed by atoms with van der Waals surface area (Å²) in [5, 5.41) is 11.9. The molecule has 1 atom stereocenters. The molecule has 0 aromatic heterocycles. The lowest BCUT2D eigenvalue weighted by Gasteiger charge is -2.32. The van der Waals surface area contributed by atoms with Gasteiger partial charge in [-0.1, -0.05) is 30.3 Å². The van der Waals surface area contributed by atoms with Crippen molar-refractivity contribution < 1.29 is 32.8 Å². The summed E-state index contributed by atoms with van der Waals surface area (Å²) in [6.07, 6.45) is -0.204. The predicted octanol–water partition coefficient (Wildman–Crippen LogP) is 2.62. The zero-order valence-corrected chi connectivity index (χ0v) is 18.4. The number of benzene rings is 2. The van der Waals surface area contributed by atoms with Gasteiger partial charge in [0.15, 0.2) is 11.6 Å². The zero-order valence-electron chi connectivity index (χ0n) is 18.4. The van der Waals surface area contributed by atoms with Crippen molar-refractivity contribution in [3.8, 4) is 0 Å². The van der Waals surface area contributed by atoms with Crippen molar-refractivity contribution in [2.45, 2.75) is 57.8 Å². The summed E-state index contributed by atoms with van der Waals surface area (Å²) < 4.78 is 38.4. The molecule has 0 unspecified atom stereocenters. The Morgan fingerprint density at radius 3 is 2.06 bits per heavy atom. The van der Waals surface area contributed by atoms with E-state index >= 15 is 0 Å². The van der Waals surface area contributed by atoms with Crippen LogP contribution in [0.3, 0.4) is 0 Å². The van der Waals surface area contributed by atoms with Gasteiger partial charge >= 0.3 is 13.1 Å². The average Bonchev–Trinajstić information content (AvgIpc) is 2.92. The highest BCUT2D eigenvalue weighted by atomic mass is 19.2. The van der Waals surface area contributed by atoms with Crippen LogP contribution in [-0.4, -0.2) is 41.3 Å². The number of nitrogens with one attached hydrogen (secondary N) is 1. The molecule has 0 saturated carbocycles. The second-order valence-corrected chi connectivity index (χ2v) is 8.92. The third kappa shape index (κ3) is 5.34. The fraction of sp³-hybridized carbons (Fsp3) is 0.391. The largest absolute Gasteiger partial charge is 0.494 e. The first-order valence-corrected chi connectivity index (χ1v) is 10.3. The maximum Gasteiger partial charge on any atom is 0.494 e. The number of aliphatic carboxylic acids is 1.